The van der Waals surface area contributed by atoms with E-state index in [2.05, 4.69) is 51.6 Å². The number of para-hydroxylation sites is 1. The number of hydrogen-bond donors (Lipinski definition) is 1. The molecule has 1 N–H and O–H groups in total. The van der Waals surface area contributed by atoms with Crippen LogP contribution in [-0.2, 0) is 5.41 Å². The van der Waals surface area contributed by atoms with Gasteiger partial charge in [0, 0.05) is 16.4 Å². The summed E-state index contributed by atoms with van der Waals surface area (Å²) in [5, 5.41) is 3.55. The van der Waals surface area contributed by atoms with Gasteiger partial charge in [-0.15, -0.1) is 0 Å². The van der Waals surface area contributed by atoms with Crippen molar-refractivity contribution in [3.63, 3.8) is 0 Å². The molecule has 15 heavy (non-hydrogen) atoms. The van der Waals surface area contributed by atoms with E-state index in [-0.39, 0.29) is 0 Å². The zero-order chi connectivity index (χ0) is 10.3. The maximum Gasteiger partial charge on any atom is 0.0523 e. The van der Waals surface area contributed by atoms with E-state index in [4.69, 9.17) is 0 Å². The number of allylic oxidation sites excluding steroid dienone is 2. The molecule has 1 aromatic rings. The van der Waals surface area contributed by atoms with Gasteiger partial charge in [0.2, 0.25) is 0 Å². The Morgan fingerprint density at radius 2 is 2.20 bits per heavy atom. The topological polar surface area (TPSA) is 12.0 Å². The number of anilines is 1. The van der Waals surface area contributed by atoms with Gasteiger partial charge in [-0.05, 0) is 46.8 Å². The lowest BCUT2D eigenvalue weighted by Gasteiger charge is -2.30. The minimum Gasteiger partial charge on any atom is -0.383 e. The van der Waals surface area contributed by atoms with E-state index in [1.54, 1.807) is 0 Å². The lowest BCUT2D eigenvalue weighted by Crippen LogP contribution is -2.29. The molecule has 1 nitrogen and oxygen atoms in total. The third kappa shape index (κ3) is 1.35. The van der Waals surface area contributed by atoms with E-state index < -0.39 is 0 Å². The zero-order valence-electron chi connectivity index (χ0n) is 8.59. The van der Waals surface area contributed by atoms with E-state index in [1.165, 1.54) is 35.0 Å². The lowest BCUT2D eigenvalue weighted by atomic mass is 9.73. The van der Waals surface area contributed by atoms with Crippen LogP contribution in [0, 0.1) is 0 Å². The molecule has 0 saturated heterocycles. The van der Waals surface area contributed by atoms with Crippen LogP contribution in [-0.4, -0.2) is 6.54 Å². The summed E-state index contributed by atoms with van der Waals surface area (Å²) in [4.78, 5) is 0. The summed E-state index contributed by atoms with van der Waals surface area (Å²) >= 11 is 3.62. The van der Waals surface area contributed by atoms with Crippen molar-refractivity contribution in [1.29, 1.82) is 0 Å². The average molecular weight is 264 g/mol. The molecule has 1 aromatic carbocycles. The van der Waals surface area contributed by atoms with Crippen LogP contribution in [0.15, 0.2) is 34.8 Å². The van der Waals surface area contributed by atoms with Crippen LogP contribution < -0.4 is 5.32 Å². The largest absolute Gasteiger partial charge is 0.383 e. The van der Waals surface area contributed by atoms with Crippen LogP contribution >= 0.6 is 15.9 Å². The standard InChI is InChI=1S/C13H14BrN/c14-11-6-4-5-10-12(11)15-9-13(10)7-2-1-3-8-13/h1-2,4-6,15H,3,7-9H2. The normalized spacial score (nSPS) is 27.8. The van der Waals surface area contributed by atoms with Crippen LogP contribution in [0.2, 0.25) is 0 Å². The van der Waals surface area contributed by atoms with Crippen molar-refractivity contribution < 1.29 is 0 Å². The molecule has 1 aliphatic carbocycles. The highest BCUT2D eigenvalue weighted by Gasteiger charge is 2.38. The molecule has 0 fully saturated rings. The fourth-order valence-electron chi connectivity index (χ4n) is 2.79. The van der Waals surface area contributed by atoms with Gasteiger partial charge in [0.05, 0.1) is 5.69 Å². The Kier molecular flexibility index (Phi) is 2.13. The van der Waals surface area contributed by atoms with Crippen LogP contribution in [0.4, 0.5) is 5.69 Å². The van der Waals surface area contributed by atoms with Crippen molar-refractivity contribution >= 4 is 21.6 Å². The number of fused-ring (bicyclic) bond motifs is 2. The highest BCUT2D eigenvalue weighted by Crippen LogP contribution is 2.46. The number of benzene rings is 1. The van der Waals surface area contributed by atoms with Gasteiger partial charge in [0.15, 0.2) is 0 Å². The predicted molar refractivity (Wildman–Crippen MR) is 67.3 cm³/mol. The molecule has 0 bridgehead atoms. The van der Waals surface area contributed by atoms with Crippen molar-refractivity contribution in [3.05, 3.63) is 40.4 Å². The smallest absolute Gasteiger partial charge is 0.0523 e. The van der Waals surface area contributed by atoms with Gasteiger partial charge < -0.3 is 5.32 Å². The Labute approximate surface area is 98.7 Å². The van der Waals surface area contributed by atoms with Gasteiger partial charge in [0.25, 0.3) is 0 Å². The maximum atomic E-state index is 3.62. The van der Waals surface area contributed by atoms with Crippen LogP contribution in [0.5, 0.6) is 0 Å². The van der Waals surface area contributed by atoms with E-state index >= 15 is 0 Å². The van der Waals surface area contributed by atoms with E-state index in [0.717, 1.165) is 6.54 Å². The highest BCUT2D eigenvalue weighted by molar-refractivity contribution is 9.10. The lowest BCUT2D eigenvalue weighted by molar-refractivity contribution is 0.427. The second-order valence-corrected chi connectivity index (χ2v) is 5.36. The Morgan fingerprint density at radius 1 is 1.27 bits per heavy atom. The summed E-state index contributed by atoms with van der Waals surface area (Å²) in [5.74, 6) is 0. The minimum atomic E-state index is 0.369. The molecular formula is C13H14BrN. The maximum absolute atomic E-state index is 3.62. The number of rotatable bonds is 0. The molecule has 0 amide bonds. The molecule has 1 aliphatic heterocycles. The first kappa shape index (κ1) is 9.46. The first-order valence-corrected chi connectivity index (χ1v) is 6.29. The van der Waals surface area contributed by atoms with Crippen molar-refractivity contribution in [2.45, 2.75) is 24.7 Å². The molecule has 2 aliphatic rings. The first-order valence-electron chi connectivity index (χ1n) is 5.50. The quantitative estimate of drug-likeness (QED) is 0.702. The van der Waals surface area contributed by atoms with Crippen molar-refractivity contribution in [2.75, 3.05) is 11.9 Å². The highest BCUT2D eigenvalue weighted by atomic mass is 79.9. The van der Waals surface area contributed by atoms with E-state index in [1.807, 2.05) is 0 Å². The molecule has 78 valence electrons. The van der Waals surface area contributed by atoms with Crippen molar-refractivity contribution in [1.82, 2.24) is 0 Å². The summed E-state index contributed by atoms with van der Waals surface area (Å²) in [6, 6.07) is 6.54. The molecule has 1 spiro atoms. The zero-order valence-corrected chi connectivity index (χ0v) is 10.2. The molecule has 1 atom stereocenters. The molecule has 0 saturated carbocycles. The number of hydrogen-bond acceptors (Lipinski definition) is 1. The third-order valence-corrected chi connectivity index (χ3v) is 4.31. The average Bonchev–Trinajstić information content (AvgIpc) is 2.61. The monoisotopic (exact) mass is 263 g/mol. The predicted octanol–water partition coefficient (Wildman–Crippen LogP) is 3.85. The molecule has 2 heteroatoms. The van der Waals surface area contributed by atoms with Gasteiger partial charge in [-0.25, -0.2) is 0 Å². The summed E-state index contributed by atoms with van der Waals surface area (Å²) in [7, 11) is 0. The van der Waals surface area contributed by atoms with E-state index in [9.17, 15) is 0 Å². The van der Waals surface area contributed by atoms with Crippen molar-refractivity contribution in [2.24, 2.45) is 0 Å². The minimum absolute atomic E-state index is 0.369. The van der Waals surface area contributed by atoms with Gasteiger partial charge in [-0.2, -0.15) is 0 Å². The third-order valence-electron chi connectivity index (χ3n) is 3.65. The van der Waals surface area contributed by atoms with Gasteiger partial charge in [-0.3, -0.25) is 0 Å². The summed E-state index contributed by atoms with van der Waals surface area (Å²) in [6.07, 6.45) is 8.32. The van der Waals surface area contributed by atoms with Gasteiger partial charge in [0.1, 0.15) is 0 Å². The fourth-order valence-corrected chi connectivity index (χ4v) is 3.30. The first-order chi connectivity index (χ1) is 7.32. The van der Waals surface area contributed by atoms with Crippen molar-refractivity contribution in [3.8, 4) is 0 Å². The molecular weight excluding hydrogens is 250 g/mol. The second kappa shape index (κ2) is 3.38. The Balaban J connectivity index is 2.11. The molecule has 1 heterocycles. The molecule has 3 rings (SSSR count). The molecule has 0 aromatic heterocycles. The SMILES string of the molecule is Brc1cccc2c1NCC21CC=CCC1. The van der Waals surface area contributed by atoms with Gasteiger partial charge >= 0.3 is 0 Å². The summed E-state index contributed by atoms with van der Waals surface area (Å²) < 4.78 is 1.20. The second-order valence-electron chi connectivity index (χ2n) is 4.51. The van der Waals surface area contributed by atoms with E-state index in [0.29, 0.717) is 5.41 Å². The fraction of sp³-hybridized carbons (Fsp3) is 0.385. The van der Waals surface area contributed by atoms with Gasteiger partial charge in [-0.1, -0.05) is 24.3 Å². The Bertz CT molecular complexity index is 425. The molecule has 0 radical (unpaired) electrons. The summed E-state index contributed by atoms with van der Waals surface area (Å²) in [6.45, 7) is 1.09. The Hall–Kier alpha value is -0.760. The number of halogens is 1. The van der Waals surface area contributed by atoms with Crippen LogP contribution in [0.25, 0.3) is 0 Å². The summed E-state index contributed by atoms with van der Waals surface area (Å²) in [5.41, 5.74) is 3.18. The van der Waals surface area contributed by atoms with Crippen LogP contribution in [0.1, 0.15) is 24.8 Å². The number of nitrogens with one attached hydrogen (secondary N) is 1. The molecule has 1 unspecified atom stereocenters. The van der Waals surface area contributed by atoms with Crippen LogP contribution in [0.3, 0.4) is 0 Å². The Morgan fingerprint density at radius 3 is 3.00 bits per heavy atom.